The van der Waals surface area contributed by atoms with E-state index in [0.29, 0.717) is 23.3 Å². The van der Waals surface area contributed by atoms with E-state index in [4.69, 9.17) is 4.74 Å². The first-order valence-corrected chi connectivity index (χ1v) is 6.37. The van der Waals surface area contributed by atoms with Crippen LogP contribution in [-0.4, -0.2) is 32.7 Å². The molecule has 0 aromatic heterocycles. The molecule has 0 saturated heterocycles. The number of carbonyl (C=O) groups is 1. The minimum absolute atomic E-state index is 0.105. The summed E-state index contributed by atoms with van der Waals surface area (Å²) in [6.07, 6.45) is 0.782. The van der Waals surface area contributed by atoms with Crippen molar-refractivity contribution in [3.8, 4) is 0 Å². The summed E-state index contributed by atoms with van der Waals surface area (Å²) < 4.78 is 18.2. The zero-order valence-corrected chi connectivity index (χ0v) is 11.7. The number of amides is 1. The number of rotatable bonds is 7. The minimum Gasteiger partial charge on any atom is -0.385 e. The van der Waals surface area contributed by atoms with Gasteiger partial charge < -0.3 is 15.4 Å². The third kappa shape index (κ3) is 5.46. The fourth-order valence-electron chi connectivity index (χ4n) is 1.30. The van der Waals surface area contributed by atoms with Crippen molar-refractivity contribution in [2.45, 2.75) is 6.42 Å². The molecule has 0 bridgehead atoms. The second-order valence-electron chi connectivity index (χ2n) is 3.68. The zero-order valence-electron chi connectivity index (χ0n) is 10.1. The van der Waals surface area contributed by atoms with Crippen molar-refractivity contribution < 1.29 is 13.9 Å². The number of anilines is 1. The second kappa shape index (κ2) is 8.05. The number of carbonyl (C=O) groups excluding carboxylic acids is 1. The summed E-state index contributed by atoms with van der Waals surface area (Å²) in [5, 5.41) is 5.66. The molecule has 18 heavy (non-hydrogen) atoms. The van der Waals surface area contributed by atoms with Gasteiger partial charge in [0, 0.05) is 25.9 Å². The maximum absolute atomic E-state index is 13.0. The van der Waals surface area contributed by atoms with Crippen LogP contribution in [0.25, 0.3) is 0 Å². The number of methoxy groups -OCH3 is 1. The van der Waals surface area contributed by atoms with E-state index in [-0.39, 0.29) is 18.3 Å². The molecule has 0 aliphatic heterocycles. The molecular weight excluding hydrogens is 303 g/mol. The van der Waals surface area contributed by atoms with E-state index in [1.165, 1.54) is 6.07 Å². The van der Waals surface area contributed by atoms with Crippen molar-refractivity contribution in [3.63, 3.8) is 0 Å². The van der Waals surface area contributed by atoms with Gasteiger partial charge in [0.05, 0.1) is 11.0 Å². The topological polar surface area (TPSA) is 50.4 Å². The van der Waals surface area contributed by atoms with Gasteiger partial charge in [0.15, 0.2) is 0 Å². The summed E-state index contributed by atoms with van der Waals surface area (Å²) in [4.78, 5) is 11.4. The van der Waals surface area contributed by atoms with E-state index in [0.717, 1.165) is 6.42 Å². The molecule has 4 nitrogen and oxygen atoms in total. The lowest BCUT2D eigenvalue weighted by atomic mass is 10.3. The standard InChI is InChI=1S/C12H16BrFN2O2/c1-18-6-2-5-15-12(17)8-16-9-3-4-11(14)10(13)7-9/h3-4,7,16H,2,5-6,8H2,1H3,(H,15,17). The lowest BCUT2D eigenvalue weighted by Gasteiger charge is -2.08. The molecule has 0 spiro atoms. The van der Waals surface area contributed by atoms with Crippen LogP contribution in [0.3, 0.4) is 0 Å². The van der Waals surface area contributed by atoms with Crippen molar-refractivity contribution in [2.24, 2.45) is 0 Å². The Kier molecular flexibility index (Phi) is 6.67. The smallest absolute Gasteiger partial charge is 0.239 e. The number of ether oxygens (including phenoxy) is 1. The number of hydrogen-bond acceptors (Lipinski definition) is 3. The van der Waals surface area contributed by atoms with Crippen LogP contribution in [0.1, 0.15) is 6.42 Å². The predicted octanol–water partition coefficient (Wildman–Crippen LogP) is 2.15. The summed E-state index contributed by atoms with van der Waals surface area (Å²) in [6, 6.07) is 4.51. The highest BCUT2D eigenvalue weighted by molar-refractivity contribution is 9.10. The summed E-state index contributed by atoms with van der Waals surface area (Å²) in [7, 11) is 1.62. The van der Waals surface area contributed by atoms with E-state index < -0.39 is 0 Å². The molecule has 1 aromatic carbocycles. The summed E-state index contributed by atoms with van der Waals surface area (Å²) in [5.41, 5.74) is 0.690. The van der Waals surface area contributed by atoms with E-state index >= 15 is 0 Å². The van der Waals surface area contributed by atoms with Crippen LogP contribution in [-0.2, 0) is 9.53 Å². The average Bonchev–Trinajstić information content (AvgIpc) is 2.36. The Morgan fingerprint density at radius 2 is 2.28 bits per heavy atom. The van der Waals surface area contributed by atoms with Gasteiger partial charge in [0.25, 0.3) is 0 Å². The molecule has 0 fully saturated rings. The molecule has 0 unspecified atom stereocenters. The average molecular weight is 319 g/mol. The quantitative estimate of drug-likeness (QED) is 0.757. The first-order valence-electron chi connectivity index (χ1n) is 5.58. The molecule has 1 amide bonds. The third-order valence-electron chi connectivity index (χ3n) is 2.22. The predicted molar refractivity (Wildman–Crippen MR) is 72.1 cm³/mol. The lowest BCUT2D eigenvalue weighted by molar-refractivity contribution is -0.119. The first-order chi connectivity index (χ1) is 8.63. The number of hydrogen-bond donors (Lipinski definition) is 2. The molecule has 6 heteroatoms. The first kappa shape index (κ1) is 14.9. The summed E-state index contributed by atoms with van der Waals surface area (Å²) >= 11 is 3.08. The van der Waals surface area contributed by atoms with Crippen LogP contribution >= 0.6 is 15.9 Å². The number of nitrogens with one attached hydrogen (secondary N) is 2. The van der Waals surface area contributed by atoms with E-state index in [9.17, 15) is 9.18 Å². The van der Waals surface area contributed by atoms with Crippen molar-refractivity contribution in [3.05, 3.63) is 28.5 Å². The molecule has 0 atom stereocenters. The third-order valence-corrected chi connectivity index (χ3v) is 2.83. The normalized spacial score (nSPS) is 10.2. The Balaban J connectivity index is 2.27. The fraction of sp³-hybridized carbons (Fsp3) is 0.417. The van der Waals surface area contributed by atoms with Gasteiger partial charge in [-0.2, -0.15) is 0 Å². The molecular formula is C12H16BrFN2O2. The molecule has 0 radical (unpaired) electrons. The van der Waals surface area contributed by atoms with Gasteiger partial charge in [-0.05, 0) is 40.5 Å². The van der Waals surface area contributed by atoms with Crippen molar-refractivity contribution >= 4 is 27.5 Å². The summed E-state index contributed by atoms with van der Waals surface area (Å²) in [5.74, 6) is -0.434. The highest BCUT2D eigenvalue weighted by Crippen LogP contribution is 2.19. The lowest BCUT2D eigenvalue weighted by Crippen LogP contribution is -2.31. The highest BCUT2D eigenvalue weighted by atomic mass is 79.9. The van der Waals surface area contributed by atoms with E-state index in [1.54, 1.807) is 19.2 Å². The Morgan fingerprint density at radius 1 is 1.50 bits per heavy atom. The fourth-order valence-corrected chi connectivity index (χ4v) is 1.67. The molecule has 0 aliphatic carbocycles. The molecule has 1 aromatic rings. The Bertz CT molecular complexity index is 402. The van der Waals surface area contributed by atoms with Gasteiger partial charge in [-0.1, -0.05) is 0 Å². The molecule has 0 heterocycles. The Labute approximate surface area is 114 Å². The maximum atomic E-state index is 13.0. The Hall–Kier alpha value is -1.14. The van der Waals surface area contributed by atoms with Crippen molar-refractivity contribution in [1.82, 2.24) is 5.32 Å². The molecule has 1 rings (SSSR count). The van der Waals surface area contributed by atoms with Crippen molar-refractivity contribution in [1.29, 1.82) is 0 Å². The van der Waals surface area contributed by atoms with Gasteiger partial charge in [-0.25, -0.2) is 4.39 Å². The van der Waals surface area contributed by atoms with Crippen LogP contribution in [0, 0.1) is 5.82 Å². The SMILES string of the molecule is COCCCNC(=O)CNc1ccc(F)c(Br)c1. The molecule has 2 N–H and O–H groups in total. The Morgan fingerprint density at radius 3 is 2.94 bits per heavy atom. The largest absolute Gasteiger partial charge is 0.385 e. The number of halogens is 2. The zero-order chi connectivity index (χ0) is 13.4. The van der Waals surface area contributed by atoms with Crippen LogP contribution < -0.4 is 10.6 Å². The molecule has 0 saturated carbocycles. The van der Waals surface area contributed by atoms with E-state index in [1.807, 2.05) is 0 Å². The van der Waals surface area contributed by atoms with Crippen LogP contribution in [0.5, 0.6) is 0 Å². The van der Waals surface area contributed by atoms with Crippen LogP contribution in [0.15, 0.2) is 22.7 Å². The van der Waals surface area contributed by atoms with Crippen LogP contribution in [0.2, 0.25) is 0 Å². The van der Waals surface area contributed by atoms with Gasteiger partial charge in [-0.3, -0.25) is 4.79 Å². The van der Waals surface area contributed by atoms with Crippen molar-refractivity contribution in [2.75, 3.05) is 32.1 Å². The highest BCUT2D eigenvalue weighted by Gasteiger charge is 2.03. The number of benzene rings is 1. The van der Waals surface area contributed by atoms with Gasteiger partial charge >= 0.3 is 0 Å². The minimum atomic E-state index is -0.329. The second-order valence-corrected chi connectivity index (χ2v) is 4.53. The summed E-state index contributed by atoms with van der Waals surface area (Å²) in [6.45, 7) is 1.37. The van der Waals surface area contributed by atoms with E-state index in [2.05, 4.69) is 26.6 Å². The van der Waals surface area contributed by atoms with Crippen LogP contribution in [0.4, 0.5) is 10.1 Å². The van der Waals surface area contributed by atoms with Gasteiger partial charge in [0.2, 0.25) is 5.91 Å². The van der Waals surface area contributed by atoms with Gasteiger partial charge in [0.1, 0.15) is 5.82 Å². The monoisotopic (exact) mass is 318 g/mol. The molecule has 100 valence electrons. The molecule has 0 aliphatic rings. The maximum Gasteiger partial charge on any atom is 0.239 e. The van der Waals surface area contributed by atoms with Gasteiger partial charge in [-0.15, -0.1) is 0 Å².